The van der Waals surface area contributed by atoms with Crippen LogP contribution in [0.3, 0.4) is 0 Å². The van der Waals surface area contributed by atoms with Crippen LogP contribution in [0.5, 0.6) is 0 Å². The van der Waals surface area contributed by atoms with Crippen LogP contribution in [0.25, 0.3) is 0 Å². The molecule has 0 bridgehead atoms. The van der Waals surface area contributed by atoms with E-state index in [1.54, 1.807) is 4.57 Å². The highest BCUT2D eigenvalue weighted by molar-refractivity contribution is 6.28. The van der Waals surface area contributed by atoms with Crippen LogP contribution in [-0.4, -0.2) is 21.0 Å². The van der Waals surface area contributed by atoms with Crippen molar-refractivity contribution in [3.63, 3.8) is 0 Å². The van der Waals surface area contributed by atoms with E-state index in [0.717, 1.165) is 17.0 Å². The standard InChI is InChI=1S/C20H17N3O2/c1-13-21-18-17(22-25-12-14-8-4-3-5-9-14)15-10-6-7-11-16(15)20(24)19(18)23(13)2/h3-11H,12H2,1-2H3/b22-17-. The predicted octanol–water partition coefficient (Wildman–Crippen LogP) is 3.24. The molecule has 0 amide bonds. The Morgan fingerprint density at radius 3 is 2.48 bits per heavy atom. The fraction of sp³-hybridized carbons (Fsp3) is 0.150. The molecule has 4 rings (SSSR count). The van der Waals surface area contributed by atoms with Gasteiger partial charge in [0, 0.05) is 18.2 Å². The van der Waals surface area contributed by atoms with Crippen molar-refractivity contribution in [2.24, 2.45) is 12.2 Å². The molecule has 0 atom stereocenters. The summed E-state index contributed by atoms with van der Waals surface area (Å²) < 4.78 is 1.81. The zero-order valence-corrected chi connectivity index (χ0v) is 14.1. The molecule has 5 nitrogen and oxygen atoms in total. The summed E-state index contributed by atoms with van der Waals surface area (Å²) in [5.74, 6) is 0.734. The van der Waals surface area contributed by atoms with Crippen molar-refractivity contribution < 1.29 is 9.63 Å². The molecular weight excluding hydrogens is 314 g/mol. The van der Waals surface area contributed by atoms with Gasteiger partial charge < -0.3 is 9.40 Å². The fourth-order valence-corrected chi connectivity index (χ4v) is 3.02. The molecule has 0 spiro atoms. The van der Waals surface area contributed by atoms with Crippen LogP contribution in [-0.2, 0) is 18.5 Å². The van der Waals surface area contributed by atoms with Crippen LogP contribution in [0.15, 0.2) is 59.8 Å². The molecular formula is C20H17N3O2. The number of aryl methyl sites for hydroxylation is 1. The molecule has 0 radical (unpaired) electrons. The molecule has 25 heavy (non-hydrogen) atoms. The number of imidazole rings is 1. The van der Waals surface area contributed by atoms with Crippen molar-refractivity contribution in [1.29, 1.82) is 0 Å². The first-order valence-electron chi connectivity index (χ1n) is 8.08. The Morgan fingerprint density at radius 2 is 1.72 bits per heavy atom. The number of aromatic nitrogens is 2. The van der Waals surface area contributed by atoms with Crippen LogP contribution in [0.1, 0.15) is 38.7 Å². The van der Waals surface area contributed by atoms with E-state index in [2.05, 4.69) is 10.1 Å². The normalized spacial score (nSPS) is 14.3. The van der Waals surface area contributed by atoms with Gasteiger partial charge in [0.1, 0.15) is 29.5 Å². The van der Waals surface area contributed by atoms with Crippen molar-refractivity contribution >= 4 is 11.5 Å². The lowest BCUT2D eigenvalue weighted by atomic mass is 9.89. The van der Waals surface area contributed by atoms with Gasteiger partial charge in [0.05, 0.1) is 0 Å². The van der Waals surface area contributed by atoms with Crippen LogP contribution < -0.4 is 0 Å². The maximum atomic E-state index is 12.8. The topological polar surface area (TPSA) is 56.5 Å². The molecule has 0 unspecified atom stereocenters. The number of hydrogen-bond acceptors (Lipinski definition) is 4. The highest BCUT2D eigenvalue weighted by atomic mass is 16.6. The van der Waals surface area contributed by atoms with Crippen molar-refractivity contribution in [2.45, 2.75) is 13.5 Å². The number of ketones is 1. The largest absolute Gasteiger partial charge is 0.390 e. The highest BCUT2D eigenvalue weighted by Gasteiger charge is 2.33. The van der Waals surface area contributed by atoms with E-state index < -0.39 is 0 Å². The van der Waals surface area contributed by atoms with Gasteiger partial charge in [-0.15, -0.1) is 0 Å². The molecule has 3 aromatic rings. The number of fused-ring (bicyclic) bond motifs is 2. The van der Waals surface area contributed by atoms with E-state index in [0.29, 0.717) is 29.3 Å². The fourth-order valence-electron chi connectivity index (χ4n) is 3.02. The predicted molar refractivity (Wildman–Crippen MR) is 94.7 cm³/mol. The molecule has 5 heteroatoms. The second-order valence-corrected chi connectivity index (χ2v) is 5.99. The lowest BCUT2D eigenvalue weighted by Crippen LogP contribution is -2.23. The van der Waals surface area contributed by atoms with Gasteiger partial charge in [-0.1, -0.05) is 59.8 Å². The van der Waals surface area contributed by atoms with E-state index in [9.17, 15) is 4.79 Å². The number of hydrogen-bond donors (Lipinski definition) is 0. The van der Waals surface area contributed by atoms with Gasteiger partial charge in [0.2, 0.25) is 5.78 Å². The molecule has 0 aliphatic heterocycles. The molecule has 0 saturated heterocycles. The number of benzene rings is 2. The maximum absolute atomic E-state index is 12.8. The minimum atomic E-state index is -0.0318. The van der Waals surface area contributed by atoms with Crippen LogP contribution in [0, 0.1) is 6.92 Å². The zero-order valence-electron chi connectivity index (χ0n) is 14.1. The third-order valence-electron chi connectivity index (χ3n) is 4.41. The average Bonchev–Trinajstić information content (AvgIpc) is 2.94. The number of nitrogens with zero attached hydrogens (tertiary/aromatic N) is 3. The Hall–Kier alpha value is -3.21. The van der Waals surface area contributed by atoms with Crippen LogP contribution in [0.4, 0.5) is 0 Å². The minimum Gasteiger partial charge on any atom is -0.390 e. The molecule has 2 aromatic carbocycles. The number of rotatable bonds is 3. The zero-order chi connectivity index (χ0) is 17.4. The monoisotopic (exact) mass is 331 g/mol. The minimum absolute atomic E-state index is 0.0318. The first-order valence-corrected chi connectivity index (χ1v) is 8.08. The summed E-state index contributed by atoms with van der Waals surface area (Å²) in [5, 5.41) is 4.34. The summed E-state index contributed by atoms with van der Waals surface area (Å²) in [6, 6.07) is 17.3. The molecule has 1 heterocycles. The first kappa shape index (κ1) is 15.3. The third kappa shape index (κ3) is 2.54. The van der Waals surface area contributed by atoms with E-state index in [1.807, 2.05) is 68.6 Å². The van der Waals surface area contributed by atoms with Gasteiger partial charge in [-0.25, -0.2) is 4.98 Å². The van der Waals surface area contributed by atoms with Gasteiger partial charge in [-0.2, -0.15) is 0 Å². The van der Waals surface area contributed by atoms with Crippen molar-refractivity contribution in [1.82, 2.24) is 9.55 Å². The van der Waals surface area contributed by atoms with Gasteiger partial charge >= 0.3 is 0 Å². The Kier molecular flexibility index (Phi) is 3.69. The second-order valence-electron chi connectivity index (χ2n) is 5.99. The Labute approximate surface area is 145 Å². The van der Waals surface area contributed by atoms with Crippen LogP contribution in [0.2, 0.25) is 0 Å². The average molecular weight is 331 g/mol. The summed E-state index contributed by atoms with van der Waals surface area (Å²) in [6.07, 6.45) is 0. The van der Waals surface area contributed by atoms with Crippen molar-refractivity contribution in [2.75, 3.05) is 0 Å². The van der Waals surface area contributed by atoms with E-state index in [4.69, 9.17) is 4.84 Å². The second kappa shape index (κ2) is 6.02. The van der Waals surface area contributed by atoms with Crippen molar-refractivity contribution in [3.05, 3.63) is 88.5 Å². The van der Waals surface area contributed by atoms with E-state index in [1.165, 1.54) is 0 Å². The first-order chi connectivity index (χ1) is 12.2. The Balaban J connectivity index is 1.77. The molecule has 124 valence electrons. The van der Waals surface area contributed by atoms with Gasteiger partial charge in [0.15, 0.2) is 0 Å². The molecule has 1 aliphatic rings. The highest BCUT2D eigenvalue weighted by Crippen LogP contribution is 2.28. The lowest BCUT2D eigenvalue weighted by molar-refractivity contribution is 0.102. The van der Waals surface area contributed by atoms with Crippen molar-refractivity contribution in [3.8, 4) is 0 Å². The number of oxime groups is 1. The summed E-state index contributed by atoms with van der Waals surface area (Å²) in [6.45, 7) is 2.24. The molecule has 1 aliphatic carbocycles. The number of carbonyl (C=O) groups is 1. The third-order valence-corrected chi connectivity index (χ3v) is 4.41. The quantitative estimate of drug-likeness (QED) is 0.542. The van der Waals surface area contributed by atoms with E-state index in [-0.39, 0.29) is 5.78 Å². The summed E-state index contributed by atoms with van der Waals surface area (Å²) >= 11 is 0. The molecule has 0 fully saturated rings. The molecule has 0 saturated carbocycles. The van der Waals surface area contributed by atoms with E-state index >= 15 is 0 Å². The molecule has 1 aromatic heterocycles. The van der Waals surface area contributed by atoms with Gasteiger partial charge in [-0.05, 0) is 12.5 Å². The number of carbonyl (C=O) groups excluding carboxylic acids is 1. The Bertz CT molecular complexity index is 987. The summed E-state index contributed by atoms with van der Waals surface area (Å²) in [7, 11) is 1.84. The summed E-state index contributed by atoms with van der Waals surface area (Å²) in [5.41, 5.74) is 4.15. The lowest BCUT2D eigenvalue weighted by Gasteiger charge is -2.17. The maximum Gasteiger partial charge on any atom is 0.212 e. The van der Waals surface area contributed by atoms with Gasteiger partial charge in [-0.3, -0.25) is 4.79 Å². The Morgan fingerprint density at radius 1 is 1.04 bits per heavy atom. The molecule has 0 N–H and O–H groups in total. The van der Waals surface area contributed by atoms with Gasteiger partial charge in [0.25, 0.3) is 0 Å². The smallest absolute Gasteiger partial charge is 0.212 e. The summed E-state index contributed by atoms with van der Waals surface area (Å²) in [4.78, 5) is 22.9. The SMILES string of the molecule is Cc1nc2c(n1C)C(=O)c1ccccc1/C2=N/OCc1ccccc1. The van der Waals surface area contributed by atoms with Crippen LogP contribution >= 0.6 is 0 Å².